The van der Waals surface area contributed by atoms with Gasteiger partial charge in [0.1, 0.15) is 0 Å². The van der Waals surface area contributed by atoms with Crippen LogP contribution in [0.2, 0.25) is 5.02 Å². The maximum Gasteiger partial charge on any atom is 0.227 e. The topological polar surface area (TPSA) is 52.7 Å². The predicted molar refractivity (Wildman–Crippen MR) is 109 cm³/mol. The summed E-state index contributed by atoms with van der Waals surface area (Å²) in [7, 11) is 2.00. The second-order valence-electron chi connectivity index (χ2n) is 6.98. The predicted octanol–water partition coefficient (Wildman–Crippen LogP) is 3.33. The SMILES string of the molecule is C[C@H](CN(C)c1ccccc1)NC(=O)[C@H]1CC(=O)N(c2ccccc2Cl)C1. The molecule has 0 spiro atoms. The molecule has 2 aromatic carbocycles. The molecule has 27 heavy (non-hydrogen) atoms. The van der Waals surface area contributed by atoms with E-state index in [9.17, 15) is 9.59 Å². The fraction of sp³-hybridized carbons (Fsp3) is 0.333. The number of para-hydroxylation sites is 2. The van der Waals surface area contributed by atoms with Crippen molar-refractivity contribution in [3.8, 4) is 0 Å². The van der Waals surface area contributed by atoms with Gasteiger partial charge in [-0.15, -0.1) is 0 Å². The average molecular weight is 386 g/mol. The maximum absolute atomic E-state index is 12.6. The molecule has 1 N–H and O–H groups in total. The lowest BCUT2D eigenvalue weighted by Gasteiger charge is -2.25. The van der Waals surface area contributed by atoms with Gasteiger partial charge in [-0.25, -0.2) is 0 Å². The molecule has 1 fully saturated rings. The van der Waals surface area contributed by atoms with Gasteiger partial charge in [0, 0.05) is 38.3 Å². The summed E-state index contributed by atoms with van der Waals surface area (Å²) in [5.74, 6) is -0.526. The molecule has 0 saturated carbocycles. The fourth-order valence-electron chi connectivity index (χ4n) is 3.39. The first-order valence-electron chi connectivity index (χ1n) is 9.07. The van der Waals surface area contributed by atoms with Crippen LogP contribution in [0.5, 0.6) is 0 Å². The average Bonchev–Trinajstić information content (AvgIpc) is 3.04. The molecule has 1 heterocycles. The first kappa shape index (κ1) is 19.2. The van der Waals surface area contributed by atoms with Crippen LogP contribution in [0.3, 0.4) is 0 Å². The highest BCUT2D eigenvalue weighted by Gasteiger charge is 2.36. The largest absolute Gasteiger partial charge is 0.373 e. The number of benzene rings is 2. The molecular weight excluding hydrogens is 362 g/mol. The quantitative estimate of drug-likeness (QED) is 0.829. The third-order valence-corrected chi connectivity index (χ3v) is 5.09. The molecule has 2 amide bonds. The lowest BCUT2D eigenvalue weighted by molar-refractivity contribution is -0.126. The lowest BCUT2D eigenvalue weighted by Crippen LogP contribution is -2.43. The van der Waals surface area contributed by atoms with Crippen molar-refractivity contribution in [3.63, 3.8) is 0 Å². The third kappa shape index (κ3) is 4.61. The van der Waals surface area contributed by atoms with E-state index < -0.39 is 0 Å². The van der Waals surface area contributed by atoms with Crippen LogP contribution < -0.4 is 15.1 Å². The Morgan fingerprint density at radius 3 is 2.59 bits per heavy atom. The van der Waals surface area contributed by atoms with E-state index in [-0.39, 0.29) is 30.2 Å². The van der Waals surface area contributed by atoms with Crippen LogP contribution in [0.1, 0.15) is 13.3 Å². The number of nitrogens with one attached hydrogen (secondary N) is 1. The number of carbonyl (C=O) groups excluding carboxylic acids is 2. The summed E-state index contributed by atoms with van der Waals surface area (Å²) >= 11 is 6.20. The van der Waals surface area contributed by atoms with Crippen LogP contribution in [-0.4, -0.2) is 38.0 Å². The number of likely N-dealkylation sites (N-methyl/N-ethyl adjacent to an activating group) is 1. The van der Waals surface area contributed by atoms with Gasteiger partial charge < -0.3 is 15.1 Å². The van der Waals surface area contributed by atoms with Crippen molar-refractivity contribution >= 4 is 34.8 Å². The van der Waals surface area contributed by atoms with Crippen molar-refractivity contribution < 1.29 is 9.59 Å². The molecule has 1 aliphatic rings. The highest BCUT2D eigenvalue weighted by molar-refractivity contribution is 6.33. The Morgan fingerprint density at radius 2 is 1.89 bits per heavy atom. The van der Waals surface area contributed by atoms with Crippen molar-refractivity contribution in [1.82, 2.24) is 5.32 Å². The van der Waals surface area contributed by atoms with Gasteiger partial charge in [0.2, 0.25) is 11.8 Å². The molecule has 0 radical (unpaired) electrons. The fourth-order valence-corrected chi connectivity index (χ4v) is 3.63. The summed E-state index contributed by atoms with van der Waals surface area (Å²) in [5, 5.41) is 3.56. The molecule has 1 aliphatic heterocycles. The minimum absolute atomic E-state index is 0.0350. The van der Waals surface area contributed by atoms with Crippen LogP contribution in [0.4, 0.5) is 11.4 Å². The van der Waals surface area contributed by atoms with Gasteiger partial charge in [0.05, 0.1) is 16.6 Å². The Bertz CT molecular complexity index is 812. The second-order valence-corrected chi connectivity index (χ2v) is 7.39. The Morgan fingerprint density at radius 1 is 1.22 bits per heavy atom. The molecule has 1 saturated heterocycles. The monoisotopic (exact) mass is 385 g/mol. The standard InChI is InChI=1S/C21H24ClN3O2/c1-15(13-24(2)17-8-4-3-5-9-17)23-21(27)16-12-20(26)25(14-16)19-11-7-6-10-18(19)22/h3-11,15-16H,12-14H2,1-2H3,(H,23,27)/t15-,16+/m1/s1. The van der Waals surface area contributed by atoms with Crippen LogP contribution in [-0.2, 0) is 9.59 Å². The molecule has 5 nitrogen and oxygen atoms in total. The van der Waals surface area contributed by atoms with Crippen molar-refractivity contribution in [3.05, 3.63) is 59.6 Å². The molecule has 3 rings (SSSR count). The van der Waals surface area contributed by atoms with Gasteiger partial charge in [-0.05, 0) is 31.2 Å². The Labute approximate surface area is 164 Å². The summed E-state index contributed by atoms with van der Waals surface area (Å²) in [6.07, 6.45) is 0.207. The van der Waals surface area contributed by atoms with Crippen LogP contribution in [0, 0.1) is 5.92 Å². The Hall–Kier alpha value is -2.53. The number of carbonyl (C=O) groups is 2. The molecule has 142 valence electrons. The van der Waals surface area contributed by atoms with Crippen LogP contribution in [0.15, 0.2) is 54.6 Å². The maximum atomic E-state index is 12.6. The third-order valence-electron chi connectivity index (χ3n) is 4.77. The lowest BCUT2D eigenvalue weighted by atomic mass is 10.1. The Balaban J connectivity index is 1.57. The van der Waals surface area contributed by atoms with Gasteiger partial charge in [0.15, 0.2) is 0 Å². The van der Waals surface area contributed by atoms with Crippen LogP contribution in [0.25, 0.3) is 0 Å². The van der Waals surface area contributed by atoms with E-state index >= 15 is 0 Å². The minimum Gasteiger partial charge on any atom is -0.373 e. The number of hydrogen-bond donors (Lipinski definition) is 1. The summed E-state index contributed by atoms with van der Waals surface area (Å²) in [6.45, 7) is 3.01. The second kappa shape index (κ2) is 8.44. The number of nitrogens with zero attached hydrogens (tertiary/aromatic N) is 2. The number of halogens is 1. The van der Waals surface area contributed by atoms with Crippen molar-refractivity contribution in [2.24, 2.45) is 5.92 Å². The molecule has 0 bridgehead atoms. The summed E-state index contributed by atoms with van der Waals surface area (Å²) in [4.78, 5) is 28.7. The Kier molecular flexibility index (Phi) is 6.01. The smallest absolute Gasteiger partial charge is 0.227 e. The number of anilines is 2. The van der Waals surface area contributed by atoms with Gasteiger partial charge in [-0.3, -0.25) is 9.59 Å². The van der Waals surface area contributed by atoms with Gasteiger partial charge in [0.25, 0.3) is 0 Å². The van der Waals surface area contributed by atoms with E-state index in [0.29, 0.717) is 23.8 Å². The molecule has 0 aromatic heterocycles. The van der Waals surface area contributed by atoms with E-state index in [1.165, 1.54) is 0 Å². The number of rotatable bonds is 6. The van der Waals surface area contributed by atoms with Crippen molar-refractivity contribution in [1.29, 1.82) is 0 Å². The molecule has 6 heteroatoms. The highest BCUT2D eigenvalue weighted by Crippen LogP contribution is 2.31. The zero-order valence-corrected chi connectivity index (χ0v) is 16.3. The molecule has 2 aromatic rings. The molecule has 2 atom stereocenters. The van der Waals surface area contributed by atoms with E-state index in [4.69, 9.17) is 11.6 Å². The van der Waals surface area contributed by atoms with Crippen molar-refractivity contribution in [2.45, 2.75) is 19.4 Å². The van der Waals surface area contributed by atoms with E-state index in [0.717, 1.165) is 5.69 Å². The zero-order valence-electron chi connectivity index (χ0n) is 15.6. The van der Waals surface area contributed by atoms with E-state index in [2.05, 4.69) is 10.2 Å². The molecule has 0 aliphatic carbocycles. The molecular formula is C21H24ClN3O2. The van der Waals surface area contributed by atoms with Gasteiger partial charge in [-0.1, -0.05) is 41.9 Å². The number of amides is 2. The summed E-state index contributed by atoms with van der Waals surface area (Å²) in [5.41, 5.74) is 1.76. The van der Waals surface area contributed by atoms with Crippen molar-refractivity contribution in [2.75, 3.05) is 29.9 Å². The minimum atomic E-state index is -0.363. The zero-order chi connectivity index (χ0) is 19.4. The first-order chi connectivity index (χ1) is 13.0. The van der Waals surface area contributed by atoms with Crippen LogP contribution >= 0.6 is 11.6 Å². The normalized spacial score (nSPS) is 17.7. The van der Waals surface area contributed by atoms with E-state index in [1.54, 1.807) is 17.0 Å². The van der Waals surface area contributed by atoms with Gasteiger partial charge in [-0.2, -0.15) is 0 Å². The molecule has 0 unspecified atom stereocenters. The number of hydrogen-bond acceptors (Lipinski definition) is 3. The summed E-state index contributed by atoms with van der Waals surface area (Å²) in [6, 6.07) is 17.2. The first-order valence-corrected chi connectivity index (χ1v) is 9.45. The van der Waals surface area contributed by atoms with E-state index in [1.807, 2.05) is 56.4 Å². The van der Waals surface area contributed by atoms with Gasteiger partial charge >= 0.3 is 0 Å². The highest BCUT2D eigenvalue weighted by atomic mass is 35.5. The summed E-state index contributed by atoms with van der Waals surface area (Å²) < 4.78 is 0.